The van der Waals surface area contributed by atoms with Crippen LogP contribution in [0, 0.1) is 65.6 Å². The summed E-state index contributed by atoms with van der Waals surface area (Å²) in [6.07, 6.45) is 27.9. The second kappa shape index (κ2) is 28.4. The Morgan fingerprint density at radius 3 is 1.75 bits per heavy atom. The molecule has 0 spiro atoms. The van der Waals surface area contributed by atoms with Crippen LogP contribution in [0.1, 0.15) is 174 Å². The van der Waals surface area contributed by atoms with E-state index in [1.54, 1.807) is 30.3 Å². The van der Waals surface area contributed by atoms with Crippen molar-refractivity contribution >= 4 is 30.0 Å². The first-order valence-electron chi connectivity index (χ1n) is 27.0. The Morgan fingerprint density at radius 2 is 1.15 bits per heavy atom. The van der Waals surface area contributed by atoms with E-state index in [0.29, 0.717) is 74.9 Å². The zero-order chi connectivity index (χ0) is 51.1. The van der Waals surface area contributed by atoms with Gasteiger partial charge in [0.25, 0.3) is 0 Å². The quantitative estimate of drug-likeness (QED) is 0.0228. The Hall–Kier alpha value is -6.82. The third-order valence-corrected chi connectivity index (χ3v) is 15.1. The van der Waals surface area contributed by atoms with Gasteiger partial charge in [-0.2, -0.15) is 0 Å². The molecule has 0 atom stereocenters. The molecular weight excluding hydrogens is 909 g/mol. The highest BCUT2D eigenvalue weighted by molar-refractivity contribution is 5.90. The van der Waals surface area contributed by atoms with Gasteiger partial charge in [-0.1, -0.05) is 99.5 Å². The third-order valence-electron chi connectivity index (χ3n) is 15.1. The first-order valence-corrected chi connectivity index (χ1v) is 27.0. The van der Waals surface area contributed by atoms with Gasteiger partial charge in [0.2, 0.25) is 0 Å². The molecule has 73 heavy (non-hydrogen) atoms. The van der Waals surface area contributed by atoms with Crippen molar-refractivity contribution < 1.29 is 38.1 Å². The standard InChI is InChI=1S/C65H72O8/c1-3-5-9-14-51-27-30-55(31-28-51)56-42-45-65(46-43-56,44-41-54-25-23-53(24-26-54)22-21-52-19-17-49(4-2)18-20-52)73-64(69)59-36-38-60(39-37-59)72-63(68)58-34-32-57(33-35-58)62(67)71-48-13-7-6-12-47-70-61(66)40-29-50-15-10-8-11-16-50/h2,8,10-11,15-20,23-26,29,36-40,51,55-58H,3,5-7,9,12-14,27-28,30-35,42-43,45-48H2,1H3/b40-29+. The number of ether oxygens (including phenoxy) is 4. The summed E-state index contributed by atoms with van der Waals surface area (Å²) >= 11 is 0. The fraction of sp³-hybridized carbons (Fsp3) is 0.446. The number of rotatable bonds is 19. The number of hydrogen-bond acceptors (Lipinski definition) is 8. The van der Waals surface area contributed by atoms with E-state index >= 15 is 0 Å². The van der Waals surface area contributed by atoms with Gasteiger partial charge in [0.1, 0.15) is 5.75 Å². The maximum atomic E-state index is 13.9. The molecule has 8 nitrogen and oxygen atoms in total. The minimum absolute atomic E-state index is 0.218. The normalized spacial score (nSPS) is 21.5. The molecule has 0 aromatic heterocycles. The molecule has 0 unspecified atom stereocenters. The van der Waals surface area contributed by atoms with Crippen LogP contribution in [-0.2, 0) is 28.6 Å². The molecule has 0 saturated heterocycles. The van der Waals surface area contributed by atoms with E-state index in [1.165, 1.54) is 57.4 Å². The van der Waals surface area contributed by atoms with Crippen molar-refractivity contribution in [1.29, 1.82) is 0 Å². The summed E-state index contributed by atoms with van der Waals surface area (Å²) in [7, 11) is 0. The lowest BCUT2D eigenvalue weighted by Crippen LogP contribution is -2.39. The Bertz CT molecular complexity index is 2590. The van der Waals surface area contributed by atoms with Gasteiger partial charge < -0.3 is 18.9 Å². The van der Waals surface area contributed by atoms with Gasteiger partial charge in [-0.05, 0) is 198 Å². The average molecular weight is 981 g/mol. The molecule has 3 aliphatic rings. The largest absolute Gasteiger partial charge is 0.465 e. The highest BCUT2D eigenvalue weighted by Gasteiger charge is 2.41. The molecule has 0 bridgehead atoms. The maximum Gasteiger partial charge on any atom is 0.339 e. The molecule has 380 valence electrons. The predicted molar refractivity (Wildman–Crippen MR) is 287 cm³/mol. The zero-order valence-electron chi connectivity index (χ0n) is 42.8. The summed E-state index contributed by atoms with van der Waals surface area (Å²) in [4.78, 5) is 52.0. The summed E-state index contributed by atoms with van der Waals surface area (Å²) in [5.41, 5.74) is 3.78. The number of benzene rings is 4. The van der Waals surface area contributed by atoms with Crippen LogP contribution in [-0.4, -0.2) is 42.7 Å². The zero-order valence-corrected chi connectivity index (χ0v) is 42.8. The number of carbonyl (C=O) groups is 4. The summed E-state index contributed by atoms with van der Waals surface area (Å²) in [6.45, 7) is 2.97. The molecule has 3 saturated carbocycles. The summed E-state index contributed by atoms with van der Waals surface area (Å²) in [5, 5.41) is 0. The van der Waals surface area contributed by atoms with Gasteiger partial charge in [0.05, 0.1) is 30.6 Å². The van der Waals surface area contributed by atoms with Gasteiger partial charge in [0.15, 0.2) is 5.60 Å². The summed E-state index contributed by atoms with van der Waals surface area (Å²) in [6, 6.07) is 31.6. The fourth-order valence-electron chi connectivity index (χ4n) is 10.5. The SMILES string of the molecule is C#Cc1ccc(C#Cc2ccc(C#CC3(OC(=O)c4ccc(OC(=O)C5CCC(C(=O)OCCCCCCOC(=O)/C=C/c6ccccc6)CC5)cc4)CCC(C4CCC(CCCCC)CC4)CC3)cc2)cc1. The van der Waals surface area contributed by atoms with Crippen molar-refractivity contribution in [2.24, 2.45) is 29.6 Å². The van der Waals surface area contributed by atoms with Gasteiger partial charge in [-0.3, -0.25) is 9.59 Å². The smallest absolute Gasteiger partial charge is 0.339 e. The number of unbranched alkanes of at least 4 members (excludes halogenated alkanes) is 5. The van der Waals surface area contributed by atoms with Gasteiger partial charge >= 0.3 is 23.9 Å². The van der Waals surface area contributed by atoms with E-state index in [9.17, 15) is 19.2 Å². The molecule has 0 aliphatic heterocycles. The van der Waals surface area contributed by atoms with Crippen LogP contribution in [0.25, 0.3) is 6.08 Å². The predicted octanol–water partition coefficient (Wildman–Crippen LogP) is 13.7. The van der Waals surface area contributed by atoms with Crippen LogP contribution in [0.15, 0.2) is 109 Å². The van der Waals surface area contributed by atoms with Crippen molar-refractivity contribution in [3.63, 3.8) is 0 Å². The Balaban J connectivity index is 0.856. The Labute approximate surface area is 434 Å². The molecule has 4 aromatic rings. The van der Waals surface area contributed by atoms with Crippen LogP contribution < -0.4 is 4.74 Å². The average Bonchev–Trinajstić information content (AvgIpc) is 3.43. The van der Waals surface area contributed by atoms with E-state index in [1.807, 2.05) is 78.9 Å². The maximum absolute atomic E-state index is 13.9. The number of esters is 4. The lowest BCUT2D eigenvalue weighted by molar-refractivity contribution is -0.152. The summed E-state index contributed by atoms with van der Waals surface area (Å²) in [5.74, 6) is 16.5. The first-order chi connectivity index (χ1) is 35.7. The van der Waals surface area contributed by atoms with Crippen LogP contribution >= 0.6 is 0 Å². The van der Waals surface area contributed by atoms with Gasteiger partial charge in [-0.15, -0.1) is 6.42 Å². The number of hydrogen-bond donors (Lipinski definition) is 0. The molecule has 3 fully saturated rings. The molecule has 0 radical (unpaired) electrons. The third kappa shape index (κ3) is 17.4. The highest BCUT2D eigenvalue weighted by Crippen LogP contribution is 2.45. The van der Waals surface area contributed by atoms with E-state index in [0.717, 1.165) is 72.3 Å². The minimum Gasteiger partial charge on any atom is -0.465 e. The molecule has 0 N–H and O–H groups in total. The van der Waals surface area contributed by atoms with E-state index in [-0.39, 0.29) is 29.7 Å². The van der Waals surface area contributed by atoms with E-state index in [4.69, 9.17) is 25.4 Å². The Morgan fingerprint density at radius 1 is 0.589 bits per heavy atom. The van der Waals surface area contributed by atoms with Crippen molar-refractivity contribution in [3.05, 3.63) is 143 Å². The van der Waals surface area contributed by atoms with Crippen molar-refractivity contribution in [3.8, 4) is 41.8 Å². The van der Waals surface area contributed by atoms with Crippen LogP contribution in [0.5, 0.6) is 5.75 Å². The lowest BCUT2D eigenvalue weighted by atomic mass is 9.67. The van der Waals surface area contributed by atoms with Crippen molar-refractivity contribution in [1.82, 2.24) is 0 Å². The number of terminal acetylenes is 1. The monoisotopic (exact) mass is 981 g/mol. The van der Waals surface area contributed by atoms with Crippen molar-refractivity contribution in [2.45, 2.75) is 141 Å². The molecule has 0 amide bonds. The first kappa shape index (κ1) is 54.0. The molecule has 0 heterocycles. The highest BCUT2D eigenvalue weighted by atomic mass is 16.6. The molecule has 3 aliphatic carbocycles. The molecule has 4 aromatic carbocycles. The molecule has 7 rings (SSSR count). The van der Waals surface area contributed by atoms with Crippen LogP contribution in [0.4, 0.5) is 0 Å². The Kier molecular flexibility index (Phi) is 21.0. The molecular formula is C65H72O8. The van der Waals surface area contributed by atoms with Crippen LogP contribution in [0.3, 0.4) is 0 Å². The molecule has 8 heteroatoms. The van der Waals surface area contributed by atoms with E-state index < -0.39 is 11.6 Å². The van der Waals surface area contributed by atoms with Gasteiger partial charge in [0, 0.05) is 28.3 Å². The lowest BCUT2D eigenvalue weighted by Gasteiger charge is -2.41. The minimum atomic E-state index is -0.926. The summed E-state index contributed by atoms with van der Waals surface area (Å²) < 4.78 is 23.1. The number of carbonyl (C=O) groups excluding carboxylic acids is 4. The van der Waals surface area contributed by atoms with Crippen LogP contribution in [0.2, 0.25) is 0 Å². The fourth-order valence-corrected chi connectivity index (χ4v) is 10.5. The van der Waals surface area contributed by atoms with Gasteiger partial charge in [-0.25, -0.2) is 9.59 Å². The van der Waals surface area contributed by atoms with E-state index in [2.05, 4.69) is 36.5 Å². The topological polar surface area (TPSA) is 105 Å². The second-order valence-electron chi connectivity index (χ2n) is 20.3. The second-order valence-corrected chi connectivity index (χ2v) is 20.3. The van der Waals surface area contributed by atoms with Crippen molar-refractivity contribution in [2.75, 3.05) is 13.2 Å².